The number of ether oxygens (including phenoxy) is 3. The van der Waals surface area contributed by atoms with Crippen molar-refractivity contribution in [2.45, 2.75) is 26.2 Å². The van der Waals surface area contributed by atoms with Gasteiger partial charge in [-0.2, -0.15) is 0 Å². The molecule has 0 aliphatic carbocycles. The summed E-state index contributed by atoms with van der Waals surface area (Å²) in [5, 5.41) is 0. The highest BCUT2D eigenvalue weighted by atomic mass is 16.7. The number of hydrogen-bond acceptors (Lipinski definition) is 5. The molecule has 5 nitrogen and oxygen atoms in total. The fraction of sp³-hybridized carbons (Fsp3) is 0.385. The quantitative estimate of drug-likeness (QED) is 0.591. The topological polar surface area (TPSA) is 61.8 Å². The second-order valence-corrected chi connectivity index (χ2v) is 3.65. The standard InChI is InChI=1S/C13H16O5/c1-9(14)17-12(11-7-5-4-6-8-11)13(16-3)18-10(2)15/h4-8,12-13H,1-3H3. The van der Waals surface area contributed by atoms with Crippen molar-refractivity contribution in [2.75, 3.05) is 7.11 Å². The number of carbonyl (C=O) groups excluding carboxylic acids is 2. The third-order valence-corrected chi connectivity index (χ3v) is 2.18. The first-order chi connectivity index (χ1) is 8.54. The first-order valence-electron chi connectivity index (χ1n) is 5.46. The first-order valence-corrected chi connectivity index (χ1v) is 5.46. The maximum Gasteiger partial charge on any atom is 0.305 e. The normalized spacial score (nSPS) is 13.5. The zero-order valence-electron chi connectivity index (χ0n) is 10.6. The van der Waals surface area contributed by atoms with Gasteiger partial charge in [0.2, 0.25) is 6.29 Å². The Morgan fingerprint density at radius 1 is 1.00 bits per heavy atom. The molecule has 98 valence electrons. The highest BCUT2D eigenvalue weighted by molar-refractivity contribution is 5.67. The molecule has 0 fully saturated rings. The smallest absolute Gasteiger partial charge is 0.305 e. The lowest BCUT2D eigenvalue weighted by molar-refractivity contribution is -0.205. The van der Waals surface area contributed by atoms with Crippen molar-refractivity contribution < 1.29 is 23.8 Å². The Labute approximate surface area is 106 Å². The van der Waals surface area contributed by atoms with Crippen LogP contribution in [0.2, 0.25) is 0 Å². The van der Waals surface area contributed by atoms with Gasteiger partial charge in [0.05, 0.1) is 0 Å². The predicted octanol–water partition coefficient (Wildman–Crippen LogP) is 1.83. The monoisotopic (exact) mass is 252 g/mol. The number of esters is 2. The summed E-state index contributed by atoms with van der Waals surface area (Å²) in [5.41, 5.74) is 0.695. The van der Waals surface area contributed by atoms with Crippen LogP contribution in [-0.2, 0) is 23.8 Å². The van der Waals surface area contributed by atoms with E-state index >= 15 is 0 Å². The third-order valence-electron chi connectivity index (χ3n) is 2.18. The van der Waals surface area contributed by atoms with E-state index in [0.717, 1.165) is 0 Å². The van der Waals surface area contributed by atoms with Crippen molar-refractivity contribution in [3.8, 4) is 0 Å². The minimum Gasteiger partial charge on any atom is -0.451 e. The molecule has 0 saturated heterocycles. The molecular formula is C13H16O5. The third kappa shape index (κ3) is 4.18. The van der Waals surface area contributed by atoms with Crippen LogP contribution in [0.15, 0.2) is 30.3 Å². The molecule has 0 N–H and O–H groups in total. The molecule has 0 spiro atoms. The number of methoxy groups -OCH3 is 1. The molecular weight excluding hydrogens is 236 g/mol. The van der Waals surface area contributed by atoms with E-state index in [4.69, 9.17) is 14.2 Å². The number of hydrogen-bond donors (Lipinski definition) is 0. The predicted molar refractivity (Wildman–Crippen MR) is 63.5 cm³/mol. The fourth-order valence-electron chi connectivity index (χ4n) is 1.50. The van der Waals surface area contributed by atoms with Crippen LogP contribution in [0.3, 0.4) is 0 Å². The molecule has 1 aromatic carbocycles. The summed E-state index contributed by atoms with van der Waals surface area (Å²) in [7, 11) is 1.38. The van der Waals surface area contributed by atoms with Crippen LogP contribution in [-0.4, -0.2) is 25.3 Å². The van der Waals surface area contributed by atoms with Crippen LogP contribution in [0.5, 0.6) is 0 Å². The fourth-order valence-corrected chi connectivity index (χ4v) is 1.50. The van der Waals surface area contributed by atoms with Gasteiger partial charge in [0.25, 0.3) is 0 Å². The summed E-state index contributed by atoms with van der Waals surface area (Å²) in [6.07, 6.45) is -1.74. The maximum atomic E-state index is 11.1. The van der Waals surface area contributed by atoms with Gasteiger partial charge in [0, 0.05) is 21.0 Å². The lowest BCUT2D eigenvalue weighted by Crippen LogP contribution is -2.29. The van der Waals surface area contributed by atoms with Gasteiger partial charge in [0.15, 0.2) is 6.10 Å². The van der Waals surface area contributed by atoms with Gasteiger partial charge in [-0.3, -0.25) is 9.59 Å². The maximum absolute atomic E-state index is 11.1. The molecule has 0 aromatic heterocycles. The van der Waals surface area contributed by atoms with Gasteiger partial charge in [-0.05, 0) is 5.56 Å². The van der Waals surface area contributed by atoms with Crippen molar-refractivity contribution in [2.24, 2.45) is 0 Å². The molecule has 1 aromatic rings. The van der Waals surface area contributed by atoms with Gasteiger partial charge in [0.1, 0.15) is 0 Å². The van der Waals surface area contributed by atoms with Crippen molar-refractivity contribution in [3.05, 3.63) is 35.9 Å². The average molecular weight is 252 g/mol. The van der Waals surface area contributed by atoms with E-state index in [0.29, 0.717) is 5.56 Å². The highest BCUT2D eigenvalue weighted by Crippen LogP contribution is 2.24. The molecule has 0 saturated carbocycles. The summed E-state index contributed by atoms with van der Waals surface area (Å²) in [6.45, 7) is 2.55. The van der Waals surface area contributed by atoms with Gasteiger partial charge in [-0.1, -0.05) is 30.3 Å². The zero-order chi connectivity index (χ0) is 13.5. The Bertz CT molecular complexity index is 401. The molecule has 0 heterocycles. The molecule has 0 aliphatic heterocycles. The van der Waals surface area contributed by atoms with E-state index in [1.165, 1.54) is 21.0 Å². The molecule has 1 rings (SSSR count). The van der Waals surface area contributed by atoms with Crippen LogP contribution < -0.4 is 0 Å². The second-order valence-electron chi connectivity index (χ2n) is 3.65. The Morgan fingerprint density at radius 3 is 2.00 bits per heavy atom. The Hall–Kier alpha value is -1.88. The van der Waals surface area contributed by atoms with Crippen LogP contribution >= 0.6 is 0 Å². The molecule has 5 heteroatoms. The largest absolute Gasteiger partial charge is 0.451 e. The van der Waals surface area contributed by atoms with Gasteiger partial charge in [-0.25, -0.2) is 0 Å². The number of rotatable bonds is 5. The van der Waals surface area contributed by atoms with E-state index in [9.17, 15) is 9.59 Å². The Balaban J connectivity index is 2.96. The van der Waals surface area contributed by atoms with E-state index in [1.54, 1.807) is 24.3 Å². The number of benzene rings is 1. The summed E-state index contributed by atoms with van der Waals surface area (Å²) in [6, 6.07) is 8.97. The zero-order valence-corrected chi connectivity index (χ0v) is 10.6. The van der Waals surface area contributed by atoms with E-state index in [-0.39, 0.29) is 0 Å². The molecule has 0 amide bonds. The minimum atomic E-state index is -0.964. The lowest BCUT2D eigenvalue weighted by atomic mass is 10.1. The minimum absolute atomic E-state index is 0.474. The van der Waals surface area contributed by atoms with Gasteiger partial charge in [-0.15, -0.1) is 0 Å². The van der Waals surface area contributed by atoms with Crippen LogP contribution in [0.4, 0.5) is 0 Å². The highest BCUT2D eigenvalue weighted by Gasteiger charge is 2.28. The van der Waals surface area contributed by atoms with Gasteiger partial charge < -0.3 is 14.2 Å². The van der Waals surface area contributed by atoms with Crippen LogP contribution in [0.25, 0.3) is 0 Å². The summed E-state index contributed by atoms with van der Waals surface area (Å²) in [5.74, 6) is -0.979. The Morgan fingerprint density at radius 2 is 1.56 bits per heavy atom. The molecule has 2 atom stereocenters. The van der Waals surface area contributed by atoms with Crippen LogP contribution in [0.1, 0.15) is 25.5 Å². The molecule has 0 aliphatic rings. The average Bonchev–Trinajstić information content (AvgIpc) is 2.34. The summed E-state index contributed by atoms with van der Waals surface area (Å²) < 4.78 is 15.2. The lowest BCUT2D eigenvalue weighted by Gasteiger charge is -2.25. The van der Waals surface area contributed by atoms with Crippen molar-refractivity contribution in [3.63, 3.8) is 0 Å². The van der Waals surface area contributed by atoms with Crippen LogP contribution in [0, 0.1) is 0 Å². The van der Waals surface area contributed by atoms with E-state index in [1.807, 2.05) is 6.07 Å². The van der Waals surface area contributed by atoms with Crippen molar-refractivity contribution in [1.29, 1.82) is 0 Å². The second kappa shape index (κ2) is 6.76. The van der Waals surface area contributed by atoms with E-state index in [2.05, 4.69) is 0 Å². The van der Waals surface area contributed by atoms with Crippen molar-refractivity contribution in [1.82, 2.24) is 0 Å². The van der Waals surface area contributed by atoms with E-state index < -0.39 is 24.3 Å². The number of carbonyl (C=O) groups is 2. The molecule has 0 bridgehead atoms. The van der Waals surface area contributed by atoms with Crippen molar-refractivity contribution >= 4 is 11.9 Å². The summed E-state index contributed by atoms with van der Waals surface area (Å²) in [4.78, 5) is 22.1. The molecule has 0 radical (unpaired) electrons. The molecule has 18 heavy (non-hydrogen) atoms. The first kappa shape index (κ1) is 14.2. The molecule has 2 unspecified atom stereocenters. The SMILES string of the molecule is COC(OC(C)=O)C(OC(C)=O)c1ccccc1. The summed E-state index contributed by atoms with van der Waals surface area (Å²) >= 11 is 0. The Kier molecular flexibility index (Phi) is 5.32. The van der Waals surface area contributed by atoms with Gasteiger partial charge >= 0.3 is 11.9 Å².